The van der Waals surface area contributed by atoms with Gasteiger partial charge in [-0.15, -0.1) is 0 Å². The van der Waals surface area contributed by atoms with Gasteiger partial charge < -0.3 is 29.6 Å². The first-order chi connectivity index (χ1) is 14.9. The third-order valence-electron chi connectivity index (χ3n) is 5.85. The van der Waals surface area contributed by atoms with Gasteiger partial charge in [-0.25, -0.2) is 0 Å². The summed E-state index contributed by atoms with van der Waals surface area (Å²) in [5, 5.41) is 25.5. The summed E-state index contributed by atoms with van der Waals surface area (Å²) in [5.74, 6) is 0.117. The highest BCUT2D eigenvalue weighted by molar-refractivity contribution is 6.00. The Kier molecular flexibility index (Phi) is 4.47. The standard InChI is InChI=1S/C22H21N3O6/c1-30-15-4-3-13-9-25(19(27)16(13)8-15)11-22(20(28)23-21(29)24-22)18-7-14-6-12(10-26)2-5-17(14)31-18/h2-8,21,24,26,29H,9-11H2,1H3,(H,23,28)/t21?,22-/m0/s1. The number of amides is 2. The molecule has 5 rings (SSSR count). The summed E-state index contributed by atoms with van der Waals surface area (Å²) in [7, 11) is 1.53. The fraction of sp³-hybridized carbons (Fsp3) is 0.273. The minimum Gasteiger partial charge on any atom is -0.497 e. The van der Waals surface area contributed by atoms with E-state index in [0.717, 1.165) is 5.56 Å². The number of carbonyl (C=O) groups excluding carboxylic acids is 2. The Morgan fingerprint density at radius 2 is 2.06 bits per heavy atom. The molecular formula is C22H21N3O6. The molecule has 31 heavy (non-hydrogen) atoms. The Balaban J connectivity index is 1.53. The molecule has 0 aliphatic carbocycles. The Morgan fingerprint density at radius 3 is 2.77 bits per heavy atom. The number of nitrogens with one attached hydrogen (secondary N) is 2. The lowest BCUT2D eigenvalue weighted by Crippen LogP contribution is -2.53. The van der Waals surface area contributed by atoms with Crippen LogP contribution in [0.25, 0.3) is 11.0 Å². The number of hydrogen-bond acceptors (Lipinski definition) is 7. The molecule has 2 aliphatic rings. The van der Waals surface area contributed by atoms with Gasteiger partial charge in [0, 0.05) is 17.5 Å². The van der Waals surface area contributed by atoms with E-state index in [2.05, 4.69) is 10.6 Å². The van der Waals surface area contributed by atoms with Crippen LogP contribution in [-0.4, -0.2) is 46.9 Å². The lowest BCUT2D eigenvalue weighted by molar-refractivity contribution is -0.125. The third-order valence-corrected chi connectivity index (χ3v) is 5.85. The molecular weight excluding hydrogens is 402 g/mol. The van der Waals surface area contributed by atoms with E-state index in [1.807, 2.05) is 6.07 Å². The van der Waals surface area contributed by atoms with E-state index < -0.39 is 17.8 Å². The topological polar surface area (TPSA) is 124 Å². The van der Waals surface area contributed by atoms with Crippen molar-refractivity contribution in [3.8, 4) is 5.75 Å². The van der Waals surface area contributed by atoms with Gasteiger partial charge in [0.05, 0.1) is 20.3 Å². The zero-order chi connectivity index (χ0) is 21.8. The van der Waals surface area contributed by atoms with E-state index >= 15 is 0 Å². The van der Waals surface area contributed by atoms with Crippen molar-refractivity contribution in [2.45, 2.75) is 25.0 Å². The molecule has 2 aromatic carbocycles. The summed E-state index contributed by atoms with van der Waals surface area (Å²) < 4.78 is 11.2. The van der Waals surface area contributed by atoms with Crippen LogP contribution in [0.1, 0.15) is 27.2 Å². The van der Waals surface area contributed by atoms with E-state index in [1.165, 1.54) is 7.11 Å². The molecule has 2 amide bonds. The summed E-state index contributed by atoms with van der Waals surface area (Å²) in [4.78, 5) is 27.6. The number of fused-ring (bicyclic) bond motifs is 2. The SMILES string of the molecule is COc1ccc2c(c1)C(=O)N(C[C@@]1(c3cc4cc(CO)ccc4o3)NC(O)NC1=O)C2. The molecule has 160 valence electrons. The van der Waals surface area contributed by atoms with E-state index in [4.69, 9.17) is 9.15 Å². The maximum absolute atomic E-state index is 13.1. The molecule has 4 N–H and O–H groups in total. The highest BCUT2D eigenvalue weighted by Gasteiger charge is 2.52. The smallest absolute Gasteiger partial charge is 0.254 e. The predicted octanol–water partition coefficient (Wildman–Crippen LogP) is 0.780. The number of benzene rings is 2. The number of rotatable bonds is 5. The van der Waals surface area contributed by atoms with Gasteiger partial charge >= 0.3 is 0 Å². The van der Waals surface area contributed by atoms with E-state index in [9.17, 15) is 19.8 Å². The molecule has 0 radical (unpaired) electrons. The second kappa shape index (κ2) is 7.09. The minimum absolute atomic E-state index is 0.0433. The molecule has 9 heteroatoms. The van der Waals surface area contributed by atoms with Crippen LogP contribution in [0.2, 0.25) is 0 Å². The number of aliphatic hydroxyl groups excluding tert-OH is 2. The number of methoxy groups -OCH3 is 1. The molecule has 2 atom stereocenters. The maximum atomic E-state index is 13.1. The molecule has 9 nitrogen and oxygen atoms in total. The monoisotopic (exact) mass is 423 g/mol. The first kappa shape index (κ1) is 19.6. The molecule has 3 heterocycles. The van der Waals surface area contributed by atoms with Gasteiger partial charge in [0.2, 0.25) is 0 Å². The number of nitrogens with zero attached hydrogens (tertiary/aromatic N) is 1. The van der Waals surface area contributed by atoms with Crippen LogP contribution in [0.5, 0.6) is 5.75 Å². The Hall–Kier alpha value is -3.40. The summed E-state index contributed by atoms with van der Waals surface area (Å²) in [6.45, 7) is 0.154. The van der Waals surface area contributed by atoms with Crippen LogP contribution in [0.3, 0.4) is 0 Å². The Bertz CT molecular complexity index is 1210. The molecule has 0 bridgehead atoms. The van der Waals surface area contributed by atoms with Gasteiger partial charge in [0.25, 0.3) is 11.8 Å². The van der Waals surface area contributed by atoms with Crippen LogP contribution in [0, 0.1) is 0 Å². The van der Waals surface area contributed by atoms with E-state index in [1.54, 1.807) is 41.3 Å². The molecule has 1 fully saturated rings. The molecule has 2 aliphatic heterocycles. The zero-order valence-electron chi connectivity index (χ0n) is 16.7. The van der Waals surface area contributed by atoms with Crippen molar-refractivity contribution in [2.75, 3.05) is 13.7 Å². The fourth-order valence-corrected chi connectivity index (χ4v) is 4.24. The van der Waals surface area contributed by atoms with Crippen molar-refractivity contribution in [1.29, 1.82) is 0 Å². The summed E-state index contributed by atoms with van der Waals surface area (Å²) in [5.41, 5.74) is 1.11. The molecule has 3 aromatic rings. The summed E-state index contributed by atoms with van der Waals surface area (Å²) in [6.07, 6.45) is -1.28. The maximum Gasteiger partial charge on any atom is 0.254 e. The molecule has 1 unspecified atom stereocenters. The van der Waals surface area contributed by atoms with Crippen LogP contribution < -0.4 is 15.4 Å². The number of furan rings is 1. The quantitative estimate of drug-likeness (QED) is 0.478. The summed E-state index contributed by atoms with van der Waals surface area (Å²) >= 11 is 0. The normalized spacial score (nSPS) is 22.8. The largest absolute Gasteiger partial charge is 0.497 e. The molecule has 0 saturated carbocycles. The fourth-order valence-electron chi connectivity index (χ4n) is 4.24. The van der Waals surface area contributed by atoms with Crippen LogP contribution >= 0.6 is 0 Å². The Labute approximate surface area is 177 Å². The van der Waals surface area contributed by atoms with E-state index in [0.29, 0.717) is 34.4 Å². The number of aliphatic hydroxyl groups is 2. The predicted molar refractivity (Wildman–Crippen MR) is 109 cm³/mol. The van der Waals surface area contributed by atoms with Crippen molar-refractivity contribution >= 4 is 22.8 Å². The van der Waals surface area contributed by atoms with Crippen LogP contribution in [-0.2, 0) is 23.5 Å². The van der Waals surface area contributed by atoms with E-state index in [-0.39, 0.29) is 24.8 Å². The molecule has 0 spiro atoms. The van der Waals surface area contributed by atoms with Gasteiger partial charge in [-0.2, -0.15) is 0 Å². The van der Waals surface area contributed by atoms with Gasteiger partial charge in [-0.3, -0.25) is 14.9 Å². The number of carbonyl (C=O) groups is 2. The van der Waals surface area contributed by atoms with Crippen molar-refractivity contribution in [3.05, 3.63) is 64.9 Å². The average molecular weight is 423 g/mol. The second-order valence-corrected chi connectivity index (χ2v) is 7.75. The van der Waals surface area contributed by atoms with Crippen molar-refractivity contribution in [2.24, 2.45) is 0 Å². The van der Waals surface area contributed by atoms with Gasteiger partial charge in [-0.1, -0.05) is 12.1 Å². The zero-order valence-corrected chi connectivity index (χ0v) is 16.7. The van der Waals surface area contributed by atoms with Crippen LogP contribution in [0.15, 0.2) is 46.9 Å². The number of hydrogen-bond donors (Lipinski definition) is 4. The molecule has 1 aromatic heterocycles. The second-order valence-electron chi connectivity index (χ2n) is 7.75. The van der Waals surface area contributed by atoms with Crippen molar-refractivity contribution in [1.82, 2.24) is 15.5 Å². The van der Waals surface area contributed by atoms with Gasteiger partial charge in [-0.05, 0) is 41.5 Å². The molecule has 1 saturated heterocycles. The highest BCUT2D eigenvalue weighted by atomic mass is 16.5. The first-order valence-electron chi connectivity index (χ1n) is 9.80. The first-order valence-corrected chi connectivity index (χ1v) is 9.80. The minimum atomic E-state index is -1.47. The van der Waals surface area contributed by atoms with Crippen molar-refractivity contribution in [3.63, 3.8) is 0 Å². The van der Waals surface area contributed by atoms with Gasteiger partial charge in [0.1, 0.15) is 17.1 Å². The van der Waals surface area contributed by atoms with Crippen molar-refractivity contribution < 1.29 is 29.0 Å². The third kappa shape index (κ3) is 3.05. The highest BCUT2D eigenvalue weighted by Crippen LogP contribution is 2.35. The number of ether oxygens (including phenoxy) is 1. The Morgan fingerprint density at radius 1 is 1.23 bits per heavy atom. The van der Waals surface area contributed by atoms with Gasteiger partial charge in [0.15, 0.2) is 11.9 Å². The summed E-state index contributed by atoms with van der Waals surface area (Å²) in [6, 6.07) is 12.2. The average Bonchev–Trinajstić information content (AvgIpc) is 3.41. The lowest BCUT2D eigenvalue weighted by atomic mass is 9.95. The van der Waals surface area contributed by atoms with Crippen LogP contribution in [0.4, 0.5) is 0 Å². The lowest BCUT2D eigenvalue weighted by Gasteiger charge is -2.29.